The van der Waals surface area contributed by atoms with Gasteiger partial charge in [-0.25, -0.2) is 0 Å². The summed E-state index contributed by atoms with van der Waals surface area (Å²) in [4.78, 5) is 26.4. The van der Waals surface area contributed by atoms with E-state index in [-0.39, 0.29) is 6.54 Å². The zero-order valence-corrected chi connectivity index (χ0v) is 18.1. The lowest BCUT2D eigenvalue weighted by Crippen LogP contribution is -2.51. The van der Waals surface area contributed by atoms with E-state index in [9.17, 15) is 19.8 Å². The number of ether oxygens (including phenoxy) is 1. The predicted octanol–water partition coefficient (Wildman–Crippen LogP) is 2.40. The van der Waals surface area contributed by atoms with Crippen LogP contribution in [0.15, 0.2) is 78.9 Å². The van der Waals surface area contributed by atoms with Crippen LogP contribution in [0.4, 0.5) is 0 Å². The summed E-state index contributed by atoms with van der Waals surface area (Å²) in [5, 5.41) is 23.1. The average Bonchev–Trinajstić information content (AvgIpc) is 2.87. The molecule has 7 heteroatoms. The highest BCUT2D eigenvalue weighted by Crippen LogP contribution is 2.21. The molecule has 33 heavy (non-hydrogen) atoms. The number of fused-ring (bicyclic) bond motifs is 1. The minimum atomic E-state index is -1.85. The molecule has 3 N–H and O–H groups in total. The maximum Gasteiger partial charge on any atom is 0.255 e. The second-order valence-corrected chi connectivity index (χ2v) is 7.95. The highest BCUT2D eigenvalue weighted by atomic mass is 16.5. The predicted molar refractivity (Wildman–Crippen MR) is 122 cm³/mol. The number of aliphatic hydroxyl groups is 2. The number of carbonyl (C=O) groups excluding carboxylic acids is 2. The molecule has 1 heterocycles. The summed E-state index contributed by atoms with van der Waals surface area (Å²) in [6.07, 6.45) is -3.01. The Hall–Kier alpha value is -3.68. The molecule has 0 aliphatic carbocycles. The zero-order valence-electron chi connectivity index (χ0n) is 18.1. The fraction of sp³-hybridized carbons (Fsp3) is 0.231. The van der Waals surface area contributed by atoms with Crippen LogP contribution in [-0.2, 0) is 29.1 Å². The lowest BCUT2D eigenvalue weighted by Gasteiger charge is -2.31. The lowest BCUT2D eigenvalue weighted by atomic mass is 9.99. The van der Waals surface area contributed by atoms with Crippen LogP contribution in [0.3, 0.4) is 0 Å². The quantitative estimate of drug-likeness (QED) is 0.518. The largest absolute Gasteiger partial charge is 0.457 e. The van der Waals surface area contributed by atoms with Crippen molar-refractivity contribution in [3.63, 3.8) is 0 Å². The molecule has 0 spiro atoms. The third-order valence-corrected chi connectivity index (χ3v) is 5.63. The summed E-state index contributed by atoms with van der Waals surface area (Å²) in [5.41, 5.74) is 2.95. The first-order valence-corrected chi connectivity index (χ1v) is 10.8. The number of carbonyl (C=O) groups is 2. The molecule has 0 fully saturated rings. The van der Waals surface area contributed by atoms with Gasteiger partial charge >= 0.3 is 0 Å². The molecule has 170 valence electrons. The van der Waals surface area contributed by atoms with Gasteiger partial charge in [0.2, 0.25) is 0 Å². The number of hydrogen-bond donors (Lipinski definition) is 3. The number of nitrogens with one attached hydrogen (secondary N) is 1. The van der Waals surface area contributed by atoms with E-state index < -0.39 is 24.0 Å². The molecule has 0 unspecified atom stereocenters. The molecular weight excluding hydrogens is 420 g/mol. The first-order valence-electron chi connectivity index (χ1n) is 10.8. The van der Waals surface area contributed by atoms with E-state index in [0.717, 1.165) is 22.4 Å². The van der Waals surface area contributed by atoms with Crippen LogP contribution in [0.1, 0.15) is 16.7 Å². The molecular formula is C26H26N2O5. The van der Waals surface area contributed by atoms with Crippen molar-refractivity contribution in [3.05, 3.63) is 95.6 Å². The molecule has 2 amide bonds. The van der Waals surface area contributed by atoms with Crippen molar-refractivity contribution < 1.29 is 24.5 Å². The van der Waals surface area contributed by atoms with Crippen molar-refractivity contribution in [2.45, 2.75) is 31.7 Å². The van der Waals surface area contributed by atoms with Crippen LogP contribution in [0.5, 0.6) is 11.5 Å². The van der Waals surface area contributed by atoms with Crippen molar-refractivity contribution >= 4 is 11.8 Å². The van der Waals surface area contributed by atoms with E-state index in [1.807, 2.05) is 54.6 Å². The SMILES string of the molecule is O=C(NCc1ccc(Oc2ccccc2)cc1)[C@H](O)[C@@H](O)C(=O)N1CCc2ccccc2C1. The summed E-state index contributed by atoms with van der Waals surface area (Å²) in [6, 6.07) is 24.3. The number of rotatable bonds is 7. The summed E-state index contributed by atoms with van der Waals surface area (Å²) >= 11 is 0. The molecule has 0 radical (unpaired) electrons. The number of nitrogens with zero attached hydrogens (tertiary/aromatic N) is 1. The topological polar surface area (TPSA) is 99.1 Å². The van der Waals surface area contributed by atoms with Crippen LogP contribution in [0, 0.1) is 0 Å². The second-order valence-electron chi connectivity index (χ2n) is 7.95. The van der Waals surface area contributed by atoms with Gasteiger partial charge in [-0.15, -0.1) is 0 Å². The average molecular weight is 447 g/mol. The fourth-order valence-corrected chi connectivity index (χ4v) is 3.74. The Bertz CT molecular complexity index is 1100. The lowest BCUT2D eigenvalue weighted by molar-refractivity contribution is -0.153. The molecule has 7 nitrogen and oxygen atoms in total. The van der Waals surface area contributed by atoms with Gasteiger partial charge < -0.3 is 25.2 Å². The molecule has 3 aromatic carbocycles. The Morgan fingerprint density at radius 3 is 2.21 bits per heavy atom. The summed E-state index contributed by atoms with van der Waals surface area (Å²) in [5.74, 6) is -0.0922. The van der Waals surface area contributed by atoms with Crippen LogP contribution in [0.2, 0.25) is 0 Å². The van der Waals surface area contributed by atoms with Crippen molar-refractivity contribution in [1.29, 1.82) is 0 Å². The van der Waals surface area contributed by atoms with Gasteiger partial charge in [-0.3, -0.25) is 9.59 Å². The van der Waals surface area contributed by atoms with E-state index in [1.54, 1.807) is 24.3 Å². The molecule has 0 bridgehead atoms. The normalized spacial score (nSPS) is 14.7. The minimum Gasteiger partial charge on any atom is -0.457 e. The zero-order chi connectivity index (χ0) is 23.2. The van der Waals surface area contributed by atoms with Gasteiger partial charge in [0.25, 0.3) is 11.8 Å². The monoisotopic (exact) mass is 446 g/mol. The molecule has 0 saturated carbocycles. The van der Waals surface area contributed by atoms with E-state index in [4.69, 9.17) is 4.74 Å². The van der Waals surface area contributed by atoms with Gasteiger partial charge in [0, 0.05) is 19.6 Å². The maximum absolute atomic E-state index is 12.6. The minimum absolute atomic E-state index is 0.138. The first kappa shape index (κ1) is 22.5. The Labute approximate surface area is 192 Å². The Kier molecular flexibility index (Phi) is 7.02. The second kappa shape index (κ2) is 10.3. The van der Waals surface area contributed by atoms with E-state index in [1.165, 1.54) is 4.90 Å². The van der Waals surface area contributed by atoms with Crippen LogP contribution in [-0.4, -0.2) is 45.7 Å². The Balaban J connectivity index is 1.28. The molecule has 4 rings (SSSR count). The molecule has 1 aliphatic heterocycles. The van der Waals surface area contributed by atoms with Gasteiger partial charge in [0.1, 0.15) is 11.5 Å². The number of hydrogen-bond acceptors (Lipinski definition) is 5. The third kappa shape index (κ3) is 5.58. The first-order chi connectivity index (χ1) is 16.0. The van der Waals surface area contributed by atoms with Gasteiger partial charge in [-0.05, 0) is 47.4 Å². The highest BCUT2D eigenvalue weighted by molar-refractivity contribution is 5.90. The van der Waals surface area contributed by atoms with Crippen molar-refractivity contribution in [1.82, 2.24) is 10.2 Å². The Morgan fingerprint density at radius 1 is 0.848 bits per heavy atom. The van der Waals surface area contributed by atoms with Crippen molar-refractivity contribution in [2.75, 3.05) is 6.54 Å². The fourth-order valence-electron chi connectivity index (χ4n) is 3.74. The smallest absolute Gasteiger partial charge is 0.255 e. The van der Waals surface area contributed by atoms with Crippen LogP contribution < -0.4 is 10.1 Å². The van der Waals surface area contributed by atoms with E-state index in [2.05, 4.69) is 5.32 Å². The van der Waals surface area contributed by atoms with Gasteiger partial charge in [0.15, 0.2) is 12.2 Å². The van der Waals surface area contributed by atoms with Gasteiger partial charge in [-0.2, -0.15) is 0 Å². The standard InChI is InChI=1S/C26H26N2O5/c29-23(24(30)26(32)28-15-14-19-6-4-5-7-20(19)17-28)25(31)27-16-18-10-12-22(13-11-18)33-21-8-2-1-3-9-21/h1-13,23-24,29-30H,14-17H2,(H,27,31)/t23-,24-/m1/s1. The number of para-hydroxylation sites is 1. The summed E-state index contributed by atoms with van der Waals surface area (Å²) < 4.78 is 5.73. The summed E-state index contributed by atoms with van der Waals surface area (Å²) in [6.45, 7) is 0.913. The van der Waals surface area contributed by atoms with Crippen molar-refractivity contribution in [3.8, 4) is 11.5 Å². The highest BCUT2D eigenvalue weighted by Gasteiger charge is 2.34. The van der Waals surface area contributed by atoms with E-state index >= 15 is 0 Å². The van der Waals surface area contributed by atoms with E-state index in [0.29, 0.717) is 25.3 Å². The summed E-state index contributed by atoms with van der Waals surface area (Å²) in [7, 11) is 0. The maximum atomic E-state index is 12.6. The molecule has 0 aromatic heterocycles. The number of amides is 2. The molecule has 0 saturated heterocycles. The molecule has 1 aliphatic rings. The number of benzene rings is 3. The number of aliphatic hydroxyl groups excluding tert-OH is 2. The van der Waals surface area contributed by atoms with Gasteiger partial charge in [0.05, 0.1) is 0 Å². The van der Waals surface area contributed by atoms with Crippen LogP contribution in [0.25, 0.3) is 0 Å². The van der Waals surface area contributed by atoms with Crippen LogP contribution >= 0.6 is 0 Å². The Morgan fingerprint density at radius 2 is 1.48 bits per heavy atom. The molecule has 2 atom stereocenters. The molecule has 3 aromatic rings. The van der Waals surface area contributed by atoms with Crippen molar-refractivity contribution in [2.24, 2.45) is 0 Å². The van der Waals surface area contributed by atoms with Gasteiger partial charge in [-0.1, -0.05) is 54.6 Å². The third-order valence-electron chi connectivity index (χ3n) is 5.63.